The van der Waals surface area contributed by atoms with Crippen LogP contribution in [0.4, 0.5) is 11.4 Å². The predicted octanol–water partition coefficient (Wildman–Crippen LogP) is 2.54. The fraction of sp³-hybridized carbons (Fsp3) is 0.0833. The molecule has 1 aromatic carbocycles. The second-order valence-corrected chi connectivity index (χ2v) is 4.46. The fourth-order valence-corrected chi connectivity index (χ4v) is 2.19. The molecule has 0 aliphatic carbocycles. The first-order valence-electron chi connectivity index (χ1n) is 4.92. The maximum atomic E-state index is 5.81. The molecule has 16 heavy (non-hydrogen) atoms. The summed E-state index contributed by atoms with van der Waals surface area (Å²) in [6, 6.07) is 9.80. The molecule has 0 unspecified atom stereocenters. The van der Waals surface area contributed by atoms with Gasteiger partial charge in [0.2, 0.25) is 0 Å². The summed E-state index contributed by atoms with van der Waals surface area (Å²) in [4.78, 5) is 5.02. The van der Waals surface area contributed by atoms with Crippen LogP contribution in [-0.4, -0.2) is 4.98 Å². The molecule has 2 aromatic rings. The van der Waals surface area contributed by atoms with Crippen molar-refractivity contribution < 1.29 is 0 Å². The van der Waals surface area contributed by atoms with Crippen LogP contribution >= 0.6 is 11.8 Å². The van der Waals surface area contributed by atoms with Crippen molar-refractivity contribution in [1.29, 1.82) is 0 Å². The molecular formula is C12H13N3S. The van der Waals surface area contributed by atoms with E-state index in [-0.39, 0.29) is 0 Å². The topological polar surface area (TPSA) is 64.9 Å². The van der Waals surface area contributed by atoms with E-state index in [1.54, 1.807) is 24.2 Å². The average Bonchev–Trinajstić information content (AvgIpc) is 2.30. The highest BCUT2D eigenvalue weighted by Crippen LogP contribution is 2.27. The molecule has 0 spiro atoms. The number of thioether (sulfide) groups is 1. The summed E-state index contributed by atoms with van der Waals surface area (Å²) in [5.41, 5.74) is 14.2. The van der Waals surface area contributed by atoms with Gasteiger partial charge in [0, 0.05) is 22.5 Å². The summed E-state index contributed by atoms with van der Waals surface area (Å²) >= 11 is 1.70. The molecule has 0 bridgehead atoms. The van der Waals surface area contributed by atoms with Crippen molar-refractivity contribution in [2.45, 2.75) is 10.6 Å². The normalized spacial score (nSPS) is 10.2. The van der Waals surface area contributed by atoms with Gasteiger partial charge in [-0.05, 0) is 23.8 Å². The van der Waals surface area contributed by atoms with Crippen LogP contribution in [0.5, 0.6) is 0 Å². The number of hydrogen-bond donors (Lipinski definition) is 2. The van der Waals surface area contributed by atoms with E-state index in [1.165, 1.54) is 5.56 Å². The van der Waals surface area contributed by atoms with Gasteiger partial charge in [0.1, 0.15) is 0 Å². The number of aromatic nitrogens is 1. The number of benzene rings is 1. The molecule has 3 nitrogen and oxygen atoms in total. The lowest BCUT2D eigenvalue weighted by Gasteiger charge is -2.04. The second kappa shape index (κ2) is 4.90. The van der Waals surface area contributed by atoms with Gasteiger partial charge in [0.15, 0.2) is 0 Å². The fourth-order valence-electron chi connectivity index (χ4n) is 1.30. The first-order chi connectivity index (χ1) is 7.75. The van der Waals surface area contributed by atoms with Crippen LogP contribution in [0.25, 0.3) is 0 Å². The van der Waals surface area contributed by atoms with E-state index in [4.69, 9.17) is 11.5 Å². The molecule has 2 rings (SSSR count). The van der Waals surface area contributed by atoms with Gasteiger partial charge in [-0.15, -0.1) is 11.8 Å². The Labute approximate surface area is 98.9 Å². The highest BCUT2D eigenvalue weighted by molar-refractivity contribution is 7.98. The van der Waals surface area contributed by atoms with Crippen LogP contribution in [-0.2, 0) is 5.75 Å². The van der Waals surface area contributed by atoms with E-state index in [0.29, 0.717) is 0 Å². The van der Waals surface area contributed by atoms with Crippen molar-refractivity contribution >= 4 is 23.1 Å². The highest BCUT2D eigenvalue weighted by Gasteiger charge is 2.00. The maximum absolute atomic E-state index is 5.81. The zero-order valence-electron chi connectivity index (χ0n) is 8.76. The summed E-state index contributed by atoms with van der Waals surface area (Å²) in [6.45, 7) is 0. The van der Waals surface area contributed by atoms with Gasteiger partial charge in [-0.1, -0.05) is 12.1 Å². The van der Waals surface area contributed by atoms with Crippen molar-refractivity contribution in [1.82, 2.24) is 4.98 Å². The van der Waals surface area contributed by atoms with Crippen molar-refractivity contribution in [3.63, 3.8) is 0 Å². The highest BCUT2D eigenvalue weighted by atomic mass is 32.2. The monoisotopic (exact) mass is 231 g/mol. The molecule has 0 fully saturated rings. The largest absolute Gasteiger partial charge is 0.399 e. The number of pyridine rings is 1. The molecule has 4 N–H and O–H groups in total. The number of anilines is 2. The third-order valence-corrected chi connectivity index (χ3v) is 3.34. The SMILES string of the molecule is Nc1ccc(CSc2ccncc2N)cc1. The standard InChI is InChI=1S/C12H13N3S/c13-10-3-1-9(2-4-10)8-16-12-5-6-15-7-11(12)14/h1-7H,8,13-14H2. The van der Waals surface area contributed by atoms with E-state index in [2.05, 4.69) is 4.98 Å². The summed E-state index contributed by atoms with van der Waals surface area (Å²) in [5, 5.41) is 0. The van der Waals surface area contributed by atoms with Gasteiger partial charge in [-0.25, -0.2) is 0 Å². The second-order valence-electron chi connectivity index (χ2n) is 3.44. The average molecular weight is 231 g/mol. The zero-order valence-corrected chi connectivity index (χ0v) is 9.58. The number of nitrogens with two attached hydrogens (primary N) is 2. The lowest BCUT2D eigenvalue weighted by molar-refractivity contribution is 1.26. The lowest BCUT2D eigenvalue weighted by atomic mass is 10.2. The summed E-state index contributed by atoms with van der Waals surface area (Å²) in [5.74, 6) is 0.883. The predicted molar refractivity (Wildman–Crippen MR) is 69.1 cm³/mol. The van der Waals surface area contributed by atoms with Gasteiger partial charge in [-0.2, -0.15) is 0 Å². The number of nitrogen functional groups attached to an aromatic ring is 2. The first kappa shape index (κ1) is 10.8. The van der Waals surface area contributed by atoms with Crippen LogP contribution in [0.3, 0.4) is 0 Å². The Morgan fingerprint density at radius 2 is 1.81 bits per heavy atom. The Kier molecular flexibility index (Phi) is 3.31. The minimum absolute atomic E-state index is 0.725. The molecule has 0 saturated heterocycles. The quantitative estimate of drug-likeness (QED) is 0.629. The minimum Gasteiger partial charge on any atom is -0.399 e. The molecule has 4 heteroatoms. The van der Waals surface area contributed by atoms with E-state index in [0.717, 1.165) is 22.0 Å². The summed E-state index contributed by atoms with van der Waals surface area (Å²) in [6.07, 6.45) is 3.42. The van der Waals surface area contributed by atoms with Crippen molar-refractivity contribution in [3.05, 3.63) is 48.3 Å². The number of hydrogen-bond acceptors (Lipinski definition) is 4. The van der Waals surface area contributed by atoms with Crippen LogP contribution in [0, 0.1) is 0 Å². The van der Waals surface area contributed by atoms with Crippen molar-refractivity contribution in [3.8, 4) is 0 Å². The Bertz CT molecular complexity index is 468. The van der Waals surface area contributed by atoms with E-state index in [1.807, 2.05) is 30.3 Å². The van der Waals surface area contributed by atoms with E-state index >= 15 is 0 Å². The molecule has 0 radical (unpaired) electrons. The molecule has 0 aliphatic heterocycles. The molecule has 0 amide bonds. The van der Waals surface area contributed by atoms with Crippen LogP contribution in [0.15, 0.2) is 47.6 Å². The summed E-state index contributed by atoms with van der Waals surface area (Å²) < 4.78 is 0. The smallest absolute Gasteiger partial charge is 0.0638 e. The Morgan fingerprint density at radius 3 is 2.50 bits per heavy atom. The Balaban J connectivity index is 2.02. The molecule has 0 saturated carbocycles. The van der Waals surface area contributed by atoms with Crippen LogP contribution in [0.2, 0.25) is 0 Å². The molecule has 1 heterocycles. The third kappa shape index (κ3) is 2.67. The molecule has 82 valence electrons. The van der Waals surface area contributed by atoms with Gasteiger partial charge < -0.3 is 11.5 Å². The Hall–Kier alpha value is -1.68. The molecule has 1 aromatic heterocycles. The van der Waals surface area contributed by atoms with Crippen LogP contribution < -0.4 is 11.5 Å². The van der Waals surface area contributed by atoms with Gasteiger partial charge in [0.05, 0.1) is 11.9 Å². The summed E-state index contributed by atoms with van der Waals surface area (Å²) in [7, 11) is 0. The van der Waals surface area contributed by atoms with Crippen LogP contribution in [0.1, 0.15) is 5.56 Å². The maximum Gasteiger partial charge on any atom is 0.0638 e. The molecule has 0 aliphatic rings. The first-order valence-corrected chi connectivity index (χ1v) is 5.91. The number of rotatable bonds is 3. The van der Waals surface area contributed by atoms with E-state index in [9.17, 15) is 0 Å². The van der Waals surface area contributed by atoms with Crippen molar-refractivity contribution in [2.24, 2.45) is 0 Å². The molecule has 0 atom stereocenters. The minimum atomic E-state index is 0.725. The Morgan fingerprint density at radius 1 is 1.06 bits per heavy atom. The van der Waals surface area contributed by atoms with Gasteiger partial charge in [0.25, 0.3) is 0 Å². The van der Waals surface area contributed by atoms with E-state index < -0.39 is 0 Å². The zero-order chi connectivity index (χ0) is 11.4. The van der Waals surface area contributed by atoms with Gasteiger partial charge >= 0.3 is 0 Å². The lowest BCUT2D eigenvalue weighted by Crippen LogP contribution is -1.90. The number of nitrogens with zero attached hydrogens (tertiary/aromatic N) is 1. The van der Waals surface area contributed by atoms with Crippen molar-refractivity contribution in [2.75, 3.05) is 11.5 Å². The third-order valence-electron chi connectivity index (χ3n) is 2.18. The van der Waals surface area contributed by atoms with Gasteiger partial charge in [-0.3, -0.25) is 4.98 Å². The molecular weight excluding hydrogens is 218 g/mol.